The topological polar surface area (TPSA) is 129 Å². The van der Waals surface area contributed by atoms with Crippen molar-refractivity contribution < 1.29 is 34.5 Å². The molecule has 0 aliphatic rings. The first-order valence-electron chi connectivity index (χ1n) is 5.53. The highest BCUT2D eigenvalue weighted by Crippen LogP contribution is 1.88. The zero-order valence-corrected chi connectivity index (χ0v) is 11.6. The van der Waals surface area contributed by atoms with Crippen LogP contribution in [0.15, 0.2) is 0 Å². The monoisotopic (exact) mass is 280 g/mol. The average Bonchev–Trinajstić information content (AvgIpc) is 2.48. The van der Waals surface area contributed by atoms with Gasteiger partial charge in [-0.3, -0.25) is 4.79 Å². The first-order chi connectivity index (χ1) is 8.90. The maximum atomic E-state index is 9.77. The van der Waals surface area contributed by atoms with Crippen molar-refractivity contribution in [3.63, 3.8) is 0 Å². The van der Waals surface area contributed by atoms with Crippen LogP contribution in [0.25, 0.3) is 0 Å². The molecule has 0 aliphatic carbocycles. The summed E-state index contributed by atoms with van der Waals surface area (Å²) in [7, 11) is 0. The number of aldehydes is 2. The van der Waals surface area contributed by atoms with Crippen LogP contribution in [0.3, 0.4) is 0 Å². The van der Waals surface area contributed by atoms with E-state index in [2.05, 4.69) is 0 Å². The van der Waals surface area contributed by atoms with Crippen molar-refractivity contribution in [3.8, 4) is 0 Å². The number of carbonyl (C=O) groups is 4. The molecule has 0 unspecified atom stereocenters. The SMILES string of the molecule is C=O.CCC=O.C[C@@H](CO)C(=O)O.C[C@H](C=O)CO. The first-order valence-corrected chi connectivity index (χ1v) is 5.53. The van der Waals surface area contributed by atoms with Crippen molar-refractivity contribution in [3.05, 3.63) is 0 Å². The predicted molar refractivity (Wildman–Crippen MR) is 69.7 cm³/mol. The van der Waals surface area contributed by atoms with E-state index in [1.54, 1.807) is 6.92 Å². The number of carbonyl (C=O) groups excluding carboxylic acids is 3. The summed E-state index contributed by atoms with van der Waals surface area (Å²) in [4.78, 5) is 36.5. The smallest absolute Gasteiger partial charge is 0.308 e. The van der Waals surface area contributed by atoms with Gasteiger partial charge in [0.15, 0.2) is 0 Å². The van der Waals surface area contributed by atoms with Gasteiger partial charge in [0, 0.05) is 12.3 Å². The molecule has 0 aromatic carbocycles. The molecular formula is C12H24O7. The third-order valence-electron chi connectivity index (χ3n) is 1.38. The van der Waals surface area contributed by atoms with E-state index in [4.69, 9.17) is 20.1 Å². The highest BCUT2D eigenvalue weighted by Gasteiger charge is 2.06. The van der Waals surface area contributed by atoms with Crippen molar-refractivity contribution in [2.45, 2.75) is 27.2 Å². The first kappa shape index (κ1) is 26.1. The average molecular weight is 280 g/mol. The van der Waals surface area contributed by atoms with Crippen LogP contribution >= 0.6 is 0 Å². The van der Waals surface area contributed by atoms with Gasteiger partial charge < -0.3 is 29.7 Å². The molecule has 0 bridgehead atoms. The molecule has 0 aromatic rings. The van der Waals surface area contributed by atoms with E-state index in [-0.39, 0.29) is 19.1 Å². The zero-order valence-electron chi connectivity index (χ0n) is 11.6. The van der Waals surface area contributed by atoms with Gasteiger partial charge in [0.1, 0.15) is 19.4 Å². The van der Waals surface area contributed by atoms with Crippen LogP contribution in [-0.2, 0) is 19.2 Å². The Hall–Kier alpha value is -1.60. The van der Waals surface area contributed by atoms with Crippen LogP contribution in [0.4, 0.5) is 0 Å². The summed E-state index contributed by atoms with van der Waals surface area (Å²) in [5, 5.41) is 24.2. The largest absolute Gasteiger partial charge is 0.481 e. The Kier molecular flexibility index (Phi) is 34.7. The van der Waals surface area contributed by atoms with Gasteiger partial charge in [0.2, 0.25) is 0 Å². The maximum Gasteiger partial charge on any atom is 0.308 e. The Morgan fingerprint density at radius 1 is 1.16 bits per heavy atom. The number of aliphatic hydroxyl groups excluding tert-OH is 2. The quantitative estimate of drug-likeness (QED) is 0.601. The van der Waals surface area contributed by atoms with Gasteiger partial charge in [-0.1, -0.05) is 13.8 Å². The summed E-state index contributed by atoms with van der Waals surface area (Å²) in [5.41, 5.74) is 0. The summed E-state index contributed by atoms with van der Waals surface area (Å²) in [5.74, 6) is -1.77. The minimum atomic E-state index is -0.956. The molecule has 0 rings (SSSR count). The van der Waals surface area contributed by atoms with Crippen LogP contribution in [0.5, 0.6) is 0 Å². The second kappa shape index (κ2) is 25.3. The number of hydrogen-bond acceptors (Lipinski definition) is 6. The summed E-state index contributed by atoms with van der Waals surface area (Å²) >= 11 is 0. The van der Waals surface area contributed by atoms with Crippen LogP contribution in [-0.4, -0.2) is 53.9 Å². The van der Waals surface area contributed by atoms with E-state index >= 15 is 0 Å². The molecule has 0 aromatic heterocycles. The molecule has 7 nitrogen and oxygen atoms in total. The minimum absolute atomic E-state index is 0.0382. The molecule has 0 aliphatic heterocycles. The highest BCUT2D eigenvalue weighted by molar-refractivity contribution is 5.69. The predicted octanol–water partition coefficient (Wildman–Crippen LogP) is -0.0765. The lowest BCUT2D eigenvalue weighted by Gasteiger charge is -1.95. The van der Waals surface area contributed by atoms with Crippen LogP contribution < -0.4 is 0 Å². The third kappa shape index (κ3) is 38.5. The lowest BCUT2D eigenvalue weighted by molar-refractivity contribution is -0.142. The molecule has 3 N–H and O–H groups in total. The van der Waals surface area contributed by atoms with E-state index in [0.29, 0.717) is 6.42 Å². The Morgan fingerprint density at radius 2 is 1.53 bits per heavy atom. The fraction of sp³-hybridized carbons (Fsp3) is 0.667. The number of carboxylic acid groups (broad SMARTS) is 1. The molecule has 0 spiro atoms. The van der Waals surface area contributed by atoms with Gasteiger partial charge in [-0.2, -0.15) is 0 Å². The van der Waals surface area contributed by atoms with Crippen molar-refractivity contribution in [1.29, 1.82) is 0 Å². The molecule has 0 saturated carbocycles. The van der Waals surface area contributed by atoms with Crippen molar-refractivity contribution in [1.82, 2.24) is 0 Å². The number of aliphatic carboxylic acids is 1. The molecule has 114 valence electrons. The number of aliphatic hydroxyl groups is 2. The van der Waals surface area contributed by atoms with Gasteiger partial charge >= 0.3 is 5.97 Å². The van der Waals surface area contributed by atoms with E-state index in [1.165, 1.54) is 6.92 Å². The normalized spacial score (nSPS) is 10.8. The zero-order chi connectivity index (χ0) is 16.3. The van der Waals surface area contributed by atoms with Crippen LogP contribution in [0.1, 0.15) is 27.2 Å². The van der Waals surface area contributed by atoms with E-state index in [9.17, 15) is 14.4 Å². The van der Waals surface area contributed by atoms with E-state index in [0.717, 1.165) is 12.6 Å². The van der Waals surface area contributed by atoms with Crippen molar-refractivity contribution >= 4 is 25.3 Å². The third-order valence-corrected chi connectivity index (χ3v) is 1.38. The number of carboxylic acids is 1. The summed E-state index contributed by atoms with van der Waals surface area (Å²) in [6, 6.07) is 0. The second-order valence-electron chi connectivity index (χ2n) is 3.29. The lowest BCUT2D eigenvalue weighted by atomic mass is 10.2. The fourth-order valence-corrected chi connectivity index (χ4v) is 0.121. The standard InChI is InChI=1S/C4H8O3.C4H8O2.C3H6O.CH2O/c1-3(2-5)4(6)7;1-4(2-5)3-6;1-2-3-4;1-2/h3,5H,2H2,1H3,(H,6,7);2,4,6H,3H2,1H3;3H,2H2,1H3;1H2/t3-;4-;;/m01../s1. The van der Waals surface area contributed by atoms with Crippen LogP contribution in [0, 0.1) is 11.8 Å². The second-order valence-corrected chi connectivity index (χ2v) is 3.29. The van der Waals surface area contributed by atoms with Gasteiger partial charge in [0.25, 0.3) is 0 Å². The Labute approximate surface area is 113 Å². The molecule has 0 saturated heterocycles. The molecule has 0 radical (unpaired) electrons. The molecule has 2 atom stereocenters. The van der Waals surface area contributed by atoms with E-state index < -0.39 is 11.9 Å². The summed E-state index contributed by atoms with van der Waals surface area (Å²) < 4.78 is 0. The van der Waals surface area contributed by atoms with E-state index in [1.807, 2.05) is 13.7 Å². The summed E-state index contributed by atoms with van der Waals surface area (Å²) in [6.45, 7) is 6.60. The molecular weight excluding hydrogens is 256 g/mol. The van der Waals surface area contributed by atoms with Gasteiger partial charge in [-0.25, -0.2) is 0 Å². The van der Waals surface area contributed by atoms with Crippen LogP contribution in [0.2, 0.25) is 0 Å². The molecule has 0 heterocycles. The van der Waals surface area contributed by atoms with Crippen molar-refractivity contribution in [2.75, 3.05) is 13.2 Å². The molecule has 0 fully saturated rings. The summed E-state index contributed by atoms with van der Waals surface area (Å²) in [6.07, 6.45) is 2.24. The molecule has 19 heavy (non-hydrogen) atoms. The Balaban J connectivity index is -0.0000000858. The number of rotatable bonds is 5. The van der Waals surface area contributed by atoms with Gasteiger partial charge in [-0.05, 0) is 6.92 Å². The Morgan fingerprint density at radius 3 is 1.53 bits per heavy atom. The fourth-order valence-electron chi connectivity index (χ4n) is 0.121. The lowest BCUT2D eigenvalue weighted by Crippen LogP contribution is -2.12. The molecule has 7 heteroatoms. The molecule has 0 amide bonds. The maximum absolute atomic E-state index is 9.77. The van der Waals surface area contributed by atoms with Gasteiger partial charge in [0.05, 0.1) is 19.1 Å². The van der Waals surface area contributed by atoms with Crippen molar-refractivity contribution in [2.24, 2.45) is 11.8 Å². The Bertz CT molecular complexity index is 206. The minimum Gasteiger partial charge on any atom is -0.481 e. The highest BCUT2D eigenvalue weighted by atomic mass is 16.4. The van der Waals surface area contributed by atoms with Gasteiger partial charge in [-0.15, -0.1) is 0 Å². The number of hydrogen-bond donors (Lipinski definition) is 3.